The van der Waals surface area contributed by atoms with Gasteiger partial charge in [0.2, 0.25) is 5.91 Å². The molecule has 0 fully saturated rings. The van der Waals surface area contributed by atoms with Crippen LogP contribution in [0.3, 0.4) is 0 Å². The maximum atomic E-state index is 13.1. The predicted octanol–water partition coefficient (Wildman–Crippen LogP) is 3.28. The number of carbonyl (C=O) groups is 4. The number of nitrogens with one attached hydrogen (secondary N) is 3. The van der Waals surface area contributed by atoms with Crippen LogP contribution in [-0.4, -0.2) is 54.2 Å². The van der Waals surface area contributed by atoms with Gasteiger partial charge in [0.1, 0.15) is 18.9 Å². The SMILES string of the molecule is CC(C)C(NC(=O)[C@@H](NC(=O)OCC1c2ccccc2-c2ccccc21)C(C)C)NC(C=O)CC(=O)O. The maximum Gasteiger partial charge on any atom is 0.407 e. The Labute approximate surface area is 217 Å². The van der Waals surface area contributed by atoms with Crippen LogP contribution in [0.1, 0.15) is 51.2 Å². The minimum absolute atomic E-state index is 0.103. The van der Waals surface area contributed by atoms with Crippen molar-refractivity contribution < 1.29 is 29.0 Å². The summed E-state index contributed by atoms with van der Waals surface area (Å²) in [5.41, 5.74) is 4.42. The van der Waals surface area contributed by atoms with E-state index < -0.39 is 42.6 Å². The van der Waals surface area contributed by atoms with Crippen LogP contribution in [0.25, 0.3) is 11.1 Å². The molecule has 2 unspecified atom stereocenters. The number of carbonyl (C=O) groups excluding carboxylic acids is 3. The summed E-state index contributed by atoms with van der Waals surface area (Å²) >= 11 is 0. The van der Waals surface area contributed by atoms with Crippen LogP contribution in [0, 0.1) is 11.8 Å². The zero-order chi connectivity index (χ0) is 27.1. The van der Waals surface area contributed by atoms with E-state index in [1.165, 1.54) is 0 Å². The number of fused-ring (bicyclic) bond motifs is 3. The summed E-state index contributed by atoms with van der Waals surface area (Å²) in [6, 6.07) is 14.2. The van der Waals surface area contributed by atoms with Gasteiger partial charge < -0.3 is 25.3 Å². The largest absolute Gasteiger partial charge is 0.481 e. The lowest BCUT2D eigenvalue weighted by Crippen LogP contribution is -2.58. The van der Waals surface area contributed by atoms with Gasteiger partial charge in [-0.05, 0) is 34.1 Å². The number of aliphatic carboxylic acids is 1. The summed E-state index contributed by atoms with van der Waals surface area (Å²) in [6.45, 7) is 7.36. The Kier molecular flexibility index (Phi) is 9.41. The van der Waals surface area contributed by atoms with Crippen molar-refractivity contribution in [2.45, 2.75) is 58.3 Å². The van der Waals surface area contributed by atoms with Crippen molar-refractivity contribution in [3.8, 4) is 11.1 Å². The Balaban J connectivity index is 1.64. The molecule has 2 amide bonds. The molecule has 0 aromatic heterocycles. The number of carboxylic acid groups (broad SMARTS) is 1. The number of amides is 2. The van der Waals surface area contributed by atoms with Crippen molar-refractivity contribution in [3.63, 3.8) is 0 Å². The Morgan fingerprint density at radius 1 is 0.919 bits per heavy atom. The highest BCUT2D eigenvalue weighted by Gasteiger charge is 2.31. The van der Waals surface area contributed by atoms with Gasteiger partial charge in [0, 0.05) is 5.92 Å². The average molecular weight is 510 g/mol. The number of alkyl carbamates (subject to hydrolysis) is 1. The van der Waals surface area contributed by atoms with E-state index in [-0.39, 0.29) is 24.4 Å². The lowest BCUT2D eigenvalue weighted by atomic mass is 9.98. The van der Waals surface area contributed by atoms with Gasteiger partial charge in [-0.25, -0.2) is 4.79 Å². The average Bonchev–Trinajstić information content (AvgIpc) is 3.18. The molecule has 4 N–H and O–H groups in total. The van der Waals surface area contributed by atoms with Crippen molar-refractivity contribution in [2.75, 3.05) is 6.61 Å². The van der Waals surface area contributed by atoms with Crippen molar-refractivity contribution in [1.29, 1.82) is 0 Å². The van der Waals surface area contributed by atoms with Crippen molar-refractivity contribution >= 4 is 24.3 Å². The van der Waals surface area contributed by atoms with Crippen LogP contribution in [0.4, 0.5) is 4.79 Å². The number of hydrogen-bond donors (Lipinski definition) is 4. The fourth-order valence-corrected chi connectivity index (χ4v) is 4.51. The molecule has 0 aliphatic heterocycles. The molecule has 2 aromatic rings. The third-order valence-corrected chi connectivity index (χ3v) is 6.48. The first kappa shape index (κ1) is 27.9. The lowest BCUT2D eigenvalue weighted by Gasteiger charge is -2.29. The van der Waals surface area contributed by atoms with Gasteiger partial charge in [-0.2, -0.15) is 0 Å². The molecular formula is C28H35N3O6. The van der Waals surface area contributed by atoms with Crippen LogP contribution < -0.4 is 16.0 Å². The molecule has 3 atom stereocenters. The van der Waals surface area contributed by atoms with Crippen molar-refractivity contribution in [2.24, 2.45) is 11.8 Å². The Morgan fingerprint density at radius 2 is 1.49 bits per heavy atom. The number of ether oxygens (including phenoxy) is 1. The first-order valence-electron chi connectivity index (χ1n) is 12.5. The molecule has 9 nitrogen and oxygen atoms in total. The van der Waals surface area contributed by atoms with E-state index >= 15 is 0 Å². The minimum atomic E-state index is -1.13. The number of rotatable bonds is 12. The number of benzene rings is 2. The van der Waals surface area contributed by atoms with Crippen molar-refractivity contribution in [1.82, 2.24) is 16.0 Å². The number of carboxylic acids is 1. The first-order valence-corrected chi connectivity index (χ1v) is 12.5. The summed E-state index contributed by atoms with van der Waals surface area (Å²) in [7, 11) is 0. The van der Waals surface area contributed by atoms with Gasteiger partial charge in [-0.15, -0.1) is 0 Å². The Bertz CT molecular complexity index is 1090. The van der Waals surface area contributed by atoms with Crippen LogP contribution in [0.5, 0.6) is 0 Å². The molecule has 3 rings (SSSR count). The highest BCUT2D eigenvalue weighted by molar-refractivity contribution is 5.86. The molecule has 1 aliphatic carbocycles. The molecule has 0 bridgehead atoms. The van der Waals surface area contributed by atoms with Gasteiger partial charge in [0.15, 0.2) is 0 Å². The second-order valence-electron chi connectivity index (χ2n) is 9.93. The number of aldehydes is 1. The fraction of sp³-hybridized carbons (Fsp3) is 0.429. The molecule has 0 radical (unpaired) electrons. The van der Waals surface area contributed by atoms with E-state index in [4.69, 9.17) is 9.84 Å². The van der Waals surface area contributed by atoms with Crippen LogP contribution in [0.15, 0.2) is 48.5 Å². The molecule has 9 heteroatoms. The van der Waals surface area contributed by atoms with E-state index in [1.807, 2.05) is 50.2 Å². The molecule has 1 aliphatic rings. The summed E-state index contributed by atoms with van der Waals surface area (Å²) in [5, 5.41) is 17.3. The fourth-order valence-electron chi connectivity index (χ4n) is 4.51. The molecule has 198 valence electrons. The molecule has 0 saturated carbocycles. The van der Waals surface area contributed by atoms with E-state index in [9.17, 15) is 19.2 Å². The van der Waals surface area contributed by atoms with Gasteiger partial charge in [-0.3, -0.25) is 14.9 Å². The van der Waals surface area contributed by atoms with Gasteiger partial charge >= 0.3 is 12.1 Å². The summed E-state index contributed by atoms with van der Waals surface area (Å²) in [6.07, 6.45) is -1.28. The van der Waals surface area contributed by atoms with E-state index in [1.54, 1.807) is 13.8 Å². The van der Waals surface area contributed by atoms with Gasteiger partial charge in [0.05, 0.1) is 18.6 Å². The quantitative estimate of drug-likeness (QED) is 0.255. The first-order chi connectivity index (χ1) is 17.6. The van der Waals surface area contributed by atoms with Crippen LogP contribution >= 0.6 is 0 Å². The van der Waals surface area contributed by atoms with Crippen LogP contribution in [0.2, 0.25) is 0 Å². The normalized spacial score (nSPS) is 14.9. The Morgan fingerprint density at radius 3 is 1.97 bits per heavy atom. The third kappa shape index (κ3) is 6.95. The molecule has 0 saturated heterocycles. The molecule has 2 aromatic carbocycles. The summed E-state index contributed by atoms with van der Waals surface area (Å²) in [5.74, 6) is -2.10. The Hall–Kier alpha value is -3.72. The van der Waals surface area contributed by atoms with Crippen LogP contribution in [-0.2, 0) is 19.1 Å². The second-order valence-corrected chi connectivity index (χ2v) is 9.93. The maximum absolute atomic E-state index is 13.1. The minimum Gasteiger partial charge on any atom is -0.481 e. The van der Waals surface area contributed by atoms with Gasteiger partial charge in [-0.1, -0.05) is 76.2 Å². The van der Waals surface area contributed by atoms with E-state index in [0.29, 0.717) is 6.29 Å². The predicted molar refractivity (Wildman–Crippen MR) is 139 cm³/mol. The monoisotopic (exact) mass is 509 g/mol. The molecule has 0 heterocycles. The number of hydrogen-bond acceptors (Lipinski definition) is 6. The van der Waals surface area contributed by atoms with E-state index in [0.717, 1.165) is 22.3 Å². The van der Waals surface area contributed by atoms with Crippen molar-refractivity contribution in [3.05, 3.63) is 59.7 Å². The lowest BCUT2D eigenvalue weighted by molar-refractivity contribution is -0.138. The third-order valence-electron chi connectivity index (χ3n) is 6.48. The zero-order valence-corrected chi connectivity index (χ0v) is 21.6. The summed E-state index contributed by atoms with van der Waals surface area (Å²) in [4.78, 5) is 48.2. The van der Waals surface area contributed by atoms with E-state index in [2.05, 4.69) is 28.1 Å². The standard InChI is InChI=1S/C28H35N3O6/c1-16(2)25(27(35)31-26(17(3)4)29-18(14-32)13-24(33)34)30-28(36)37-15-23-21-11-7-5-9-19(21)20-10-6-8-12-22(20)23/h5-12,14,16-18,23,25-26,29H,13,15H2,1-4H3,(H,30,36)(H,31,35)(H,33,34)/t18?,25-,26?/m0/s1. The smallest absolute Gasteiger partial charge is 0.407 e. The molecule has 0 spiro atoms. The topological polar surface area (TPSA) is 134 Å². The zero-order valence-electron chi connectivity index (χ0n) is 21.6. The second kappa shape index (κ2) is 12.5. The summed E-state index contributed by atoms with van der Waals surface area (Å²) < 4.78 is 5.59. The molecular weight excluding hydrogens is 474 g/mol. The highest BCUT2D eigenvalue weighted by atomic mass is 16.5. The molecule has 37 heavy (non-hydrogen) atoms. The van der Waals surface area contributed by atoms with Gasteiger partial charge in [0.25, 0.3) is 0 Å². The highest BCUT2D eigenvalue weighted by Crippen LogP contribution is 2.44.